The number of rotatable bonds is 10. The number of benzene rings is 2. The van der Waals surface area contributed by atoms with Gasteiger partial charge in [-0.25, -0.2) is 8.42 Å². The first-order valence-electron chi connectivity index (χ1n) is 10.7. The Balaban J connectivity index is 2.07. The van der Waals surface area contributed by atoms with E-state index in [1.54, 1.807) is 36.4 Å². The number of carbonyl (C=O) groups is 1. The Labute approximate surface area is 196 Å². The molecule has 0 heterocycles. The molecule has 0 aliphatic carbocycles. The summed E-state index contributed by atoms with van der Waals surface area (Å²) in [6, 6.07) is 13.2. The molecule has 1 amide bonds. The molecule has 0 spiro atoms. The van der Waals surface area contributed by atoms with E-state index in [1.165, 1.54) is 16.4 Å². The lowest BCUT2D eigenvalue weighted by molar-refractivity contribution is 0.0972. The molecule has 2 aromatic rings. The molecule has 0 bridgehead atoms. The summed E-state index contributed by atoms with van der Waals surface area (Å²) < 4.78 is 32.9. The minimum atomic E-state index is -3.55. The normalized spacial score (nSPS) is 11.4. The maximum atomic E-state index is 12.9. The van der Waals surface area contributed by atoms with Gasteiger partial charge in [0.25, 0.3) is 5.91 Å². The standard InChI is InChI=1S/C23H31N3O4S2/c1-5-15-26(16-6-2)32(28,29)19-13-11-18(12-14-19)24-23(31)25-22(27)20-9-7-8-10-21(20)30-17(3)4/h7-14,17H,5-6,15-16H2,1-4H3,(H2,24,25,27,31). The predicted molar refractivity (Wildman–Crippen MR) is 132 cm³/mol. The van der Waals surface area contributed by atoms with E-state index in [0.29, 0.717) is 30.1 Å². The van der Waals surface area contributed by atoms with Crippen LogP contribution in [0.2, 0.25) is 0 Å². The SMILES string of the molecule is CCCN(CCC)S(=O)(=O)c1ccc(NC(=S)NC(=O)c2ccccc2OC(C)C)cc1. The van der Waals surface area contributed by atoms with Gasteiger partial charge < -0.3 is 10.1 Å². The first kappa shape index (κ1) is 25.8. The average molecular weight is 478 g/mol. The monoisotopic (exact) mass is 477 g/mol. The highest BCUT2D eigenvalue weighted by molar-refractivity contribution is 7.89. The predicted octanol–water partition coefficient (Wildman–Crippen LogP) is 4.41. The van der Waals surface area contributed by atoms with Crippen LogP contribution in [0.25, 0.3) is 0 Å². The fourth-order valence-corrected chi connectivity index (χ4v) is 4.89. The Morgan fingerprint density at radius 1 is 1.03 bits per heavy atom. The number of nitrogens with zero attached hydrogens (tertiary/aromatic N) is 1. The number of anilines is 1. The summed E-state index contributed by atoms with van der Waals surface area (Å²) >= 11 is 5.25. The van der Waals surface area contributed by atoms with Gasteiger partial charge in [-0.2, -0.15) is 4.31 Å². The van der Waals surface area contributed by atoms with E-state index in [9.17, 15) is 13.2 Å². The zero-order valence-electron chi connectivity index (χ0n) is 18.9. The summed E-state index contributed by atoms with van der Waals surface area (Å²) in [5.41, 5.74) is 0.942. The largest absolute Gasteiger partial charge is 0.490 e. The van der Waals surface area contributed by atoms with Crippen molar-refractivity contribution in [3.63, 3.8) is 0 Å². The van der Waals surface area contributed by atoms with Crippen LogP contribution in [-0.2, 0) is 10.0 Å². The summed E-state index contributed by atoms with van der Waals surface area (Å²) in [4.78, 5) is 12.8. The zero-order chi connectivity index (χ0) is 23.7. The van der Waals surface area contributed by atoms with Gasteiger partial charge in [0.05, 0.1) is 16.6 Å². The zero-order valence-corrected chi connectivity index (χ0v) is 20.6. The average Bonchev–Trinajstić information content (AvgIpc) is 2.73. The van der Waals surface area contributed by atoms with Crippen LogP contribution in [0.3, 0.4) is 0 Å². The van der Waals surface area contributed by atoms with Gasteiger partial charge in [-0.15, -0.1) is 0 Å². The summed E-state index contributed by atoms with van der Waals surface area (Å²) in [5, 5.41) is 5.64. The van der Waals surface area contributed by atoms with Crippen molar-refractivity contribution in [2.24, 2.45) is 0 Å². The van der Waals surface area contributed by atoms with Crippen LogP contribution in [0.1, 0.15) is 50.9 Å². The van der Waals surface area contributed by atoms with Crippen LogP contribution in [0.4, 0.5) is 5.69 Å². The number of amides is 1. The Hall–Kier alpha value is -2.49. The van der Waals surface area contributed by atoms with E-state index in [-0.39, 0.29) is 16.1 Å². The first-order chi connectivity index (χ1) is 15.2. The maximum Gasteiger partial charge on any atom is 0.261 e. The molecule has 32 heavy (non-hydrogen) atoms. The van der Waals surface area contributed by atoms with Gasteiger partial charge in [0.1, 0.15) is 5.75 Å². The molecule has 7 nitrogen and oxygen atoms in total. The molecule has 174 valence electrons. The number of hydrogen-bond donors (Lipinski definition) is 2. The molecular weight excluding hydrogens is 446 g/mol. The van der Waals surface area contributed by atoms with E-state index >= 15 is 0 Å². The summed E-state index contributed by atoms with van der Waals surface area (Å²) in [6.45, 7) is 8.63. The van der Waals surface area contributed by atoms with Crippen molar-refractivity contribution in [2.75, 3.05) is 18.4 Å². The third-order valence-corrected chi connectivity index (χ3v) is 6.53. The number of para-hydroxylation sites is 1. The summed E-state index contributed by atoms with van der Waals surface area (Å²) in [7, 11) is -3.55. The molecular formula is C23H31N3O4S2. The Bertz CT molecular complexity index is 1020. The van der Waals surface area contributed by atoms with Crippen LogP contribution in [0, 0.1) is 0 Å². The Morgan fingerprint density at radius 3 is 2.19 bits per heavy atom. The lowest BCUT2D eigenvalue weighted by Gasteiger charge is -2.21. The number of hydrogen-bond acceptors (Lipinski definition) is 5. The number of nitrogens with one attached hydrogen (secondary N) is 2. The molecule has 2 N–H and O–H groups in total. The number of thiocarbonyl (C=S) groups is 1. The number of sulfonamides is 1. The molecule has 0 aromatic heterocycles. The molecule has 2 rings (SSSR count). The van der Waals surface area contributed by atoms with Gasteiger partial charge in [0.2, 0.25) is 10.0 Å². The van der Waals surface area contributed by atoms with E-state index in [0.717, 1.165) is 12.8 Å². The fourth-order valence-electron chi connectivity index (χ4n) is 3.05. The van der Waals surface area contributed by atoms with Crippen molar-refractivity contribution in [3.05, 3.63) is 54.1 Å². The van der Waals surface area contributed by atoms with Crippen molar-refractivity contribution in [1.29, 1.82) is 0 Å². The highest BCUT2D eigenvalue weighted by Gasteiger charge is 2.23. The molecule has 0 saturated heterocycles. The molecule has 9 heteroatoms. The Morgan fingerprint density at radius 2 is 1.62 bits per heavy atom. The van der Waals surface area contributed by atoms with Gasteiger partial charge in [0, 0.05) is 18.8 Å². The second-order valence-corrected chi connectivity index (χ2v) is 9.85. The lowest BCUT2D eigenvalue weighted by Crippen LogP contribution is -2.34. The van der Waals surface area contributed by atoms with Gasteiger partial charge >= 0.3 is 0 Å². The minimum absolute atomic E-state index is 0.0746. The number of ether oxygens (including phenoxy) is 1. The molecule has 0 aliphatic heterocycles. The topological polar surface area (TPSA) is 87.7 Å². The minimum Gasteiger partial charge on any atom is -0.490 e. The van der Waals surface area contributed by atoms with Crippen molar-refractivity contribution >= 4 is 38.9 Å². The van der Waals surface area contributed by atoms with Crippen molar-refractivity contribution in [2.45, 2.75) is 51.5 Å². The van der Waals surface area contributed by atoms with Crippen molar-refractivity contribution in [1.82, 2.24) is 9.62 Å². The molecule has 2 aromatic carbocycles. The van der Waals surface area contributed by atoms with Crippen LogP contribution in [-0.4, -0.2) is 42.9 Å². The van der Waals surface area contributed by atoms with E-state index in [2.05, 4.69) is 10.6 Å². The number of carbonyl (C=O) groups excluding carboxylic acids is 1. The highest BCUT2D eigenvalue weighted by Crippen LogP contribution is 2.21. The second kappa shape index (κ2) is 11.9. The summed E-state index contributed by atoms with van der Waals surface area (Å²) in [5.74, 6) is 0.0776. The van der Waals surface area contributed by atoms with Gasteiger partial charge in [-0.1, -0.05) is 26.0 Å². The van der Waals surface area contributed by atoms with Crippen molar-refractivity contribution in [3.8, 4) is 5.75 Å². The first-order valence-corrected chi connectivity index (χ1v) is 12.5. The highest BCUT2D eigenvalue weighted by atomic mass is 32.2. The van der Waals surface area contributed by atoms with E-state index in [1.807, 2.05) is 27.7 Å². The van der Waals surface area contributed by atoms with Crippen LogP contribution < -0.4 is 15.4 Å². The van der Waals surface area contributed by atoms with Crippen LogP contribution >= 0.6 is 12.2 Å². The maximum absolute atomic E-state index is 12.9. The fraction of sp³-hybridized carbons (Fsp3) is 0.391. The van der Waals surface area contributed by atoms with Crippen molar-refractivity contribution < 1.29 is 17.9 Å². The second-order valence-electron chi connectivity index (χ2n) is 7.50. The molecule has 0 aliphatic rings. The smallest absolute Gasteiger partial charge is 0.261 e. The summed E-state index contributed by atoms with van der Waals surface area (Å²) in [6.07, 6.45) is 1.42. The third kappa shape index (κ3) is 7.01. The Kier molecular flexibility index (Phi) is 9.61. The van der Waals surface area contributed by atoms with Crippen LogP contribution in [0.5, 0.6) is 5.75 Å². The molecule has 0 radical (unpaired) electrons. The third-order valence-electron chi connectivity index (χ3n) is 4.42. The molecule has 0 atom stereocenters. The lowest BCUT2D eigenvalue weighted by atomic mass is 10.2. The van der Waals surface area contributed by atoms with Gasteiger partial charge in [-0.05, 0) is 75.3 Å². The molecule has 0 saturated carbocycles. The van der Waals surface area contributed by atoms with Crippen LogP contribution in [0.15, 0.2) is 53.4 Å². The van der Waals surface area contributed by atoms with E-state index in [4.69, 9.17) is 17.0 Å². The molecule has 0 unspecified atom stereocenters. The van der Waals surface area contributed by atoms with Gasteiger partial charge in [0.15, 0.2) is 5.11 Å². The quantitative estimate of drug-likeness (QED) is 0.493. The van der Waals surface area contributed by atoms with E-state index < -0.39 is 15.9 Å². The molecule has 0 fully saturated rings. The van der Waals surface area contributed by atoms with Gasteiger partial charge in [-0.3, -0.25) is 10.1 Å².